The molecule has 0 aliphatic heterocycles. The average molecular weight is 902 g/mol. The molecule has 0 N–H and O–H groups in total. The van der Waals surface area contributed by atoms with Crippen molar-refractivity contribution in [1.29, 1.82) is 0 Å². The molecule has 8 nitrogen and oxygen atoms in total. The Morgan fingerprint density at radius 3 is 0.667 bits per heavy atom. The van der Waals surface area contributed by atoms with Gasteiger partial charge in [-0.2, -0.15) is 0 Å². The van der Waals surface area contributed by atoms with Crippen molar-refractivity contribution in [2.45, 2.75) is 136 Å². The number of rotatable bonds is 28. The second-order valence-electron chi connectivity index (χ2n) is 12.4. The van der Waals surface area contributed by atoms with Crippen molar-refractivity contribution in [3.8, 4) is 0 Å². The van der Waals surface area contributed by atoms with E-state index < -0.39 is 10.8 Å². The van der Waals surface area contributed by atoms with Crippen LogP contribution in [0.15, 0.2) is 0 Å². The molecule has 0 aliphatic rings. The summed E-state index contributed by atoms with van der Waals surface area (Å²) in [5.41, 5.74) is 0. The summed E-state index contributed by atoms with van der Waals surface area (Å²) in [6, 6.07) is 0. The van der Waals surface area contributed by atoms with Crippen LogP contribution in [-0.4, -0.2) is 142 Å². The van der Waals surface area contributed by atoms with Gasteiger partial charge < -0.3 is 0 Å². The quantitative estimate of drug-likeness (QED) is 0.0566. The Hall–Kier alpha value is 1.75. The van der Waals surface area contributed by atoms with Crippen molar-refractivity contribution in [2.24, 2.45) is 0 Å². The summed E-state index contributed by atoms with van der Waals surface area (Å²) in [4.78, 5) is -2.56. The van der Waals surface area contributed by atoms with Crippen LogP contribution in [0.2, 0.25) is 0 Å². The van der Waals surface area contributed by atoms with E-state index in [4.69, 9.17) is 0 Å². The van der Waals surface area contributed by atoms with E-state index in [0.717, 1.165) is 91.6 Å². The maximum atomic E-state index is 4.56. The Bertz CT molecular complexity index is 648. The molecule has 296 valence electrons. The molecule has 0 amide bonds. The van der Waals surface area contributed by atoms with Crippen LogP contribution in [0.4, 0.5) is 0 Å². The second kappa shape index (κ2) is 25.7. The summed E-state index contributed by atoms with van der Waals surface area (Å²) < 4.78 is 22.3. The van der Waals surface area contributed by atoms with Crippen LogP contribution in [0.5, 0.6) is 0 Å². The molecule has 0 aromatic carbocycles. The summed E-state index contributed by atoms with van der Waals surface area (Å²) in [5, 5.41) is 0. The predicted molar refractivity (Wildman–Crippen MR) is 239 cm³/mol. The van der Waals surface area contributed by atoms with Crippen molar-refractivity contribution in [3.63, 3.8) is 0 Å². The summed E-state index contributed by atoms with van der Waals surface area (Å²) in [5.74, 6) is -2.72. The Morgan fingerprint density at radius 2 is 0.500 bits per heavy atom. The minimum absolute atomic E-state index is 1.07. The topological polar surface area (TPSA) is 25.9 Å². The van der Waals surface area contributed by atoms with Crippen molar-refractivity contribution in [2.75, 3.05) is 105 Å². The van der Waals surface area contributed by atoms with E-state index in [2.05, 4.69) is 186 Å². The Balaban J connectivity index is 0. The Morgan fingerprint density at radius 1 is 0.312 bits per heavy atom. The zero-order valence-corrected chi connectivity index (χ0v) is 40.9. The van der Waals surface area contributed by atoms with Gasteiger partial charge in [0.25, 0.3) is 0 Å². The van der Waals surface area contributed by atoms with E-state index in [1.807, 2.05) is 0 Å². The van der Waals surface area contributed by atoms with E-state index in [1.165, 1.54) is 38.8 Å². The van der Waals surface area contributed by atoms with E-state index in [1.54, 1.807) is 0 Å². The Labute approximate surface area is 324 Å². The fraction of sp³-hybridized carbons (Fsp3) is 1.00. The zero-order valence-electron chi connectivity index (χ0n) is 35.4. The number of nitrogens with zero attached hydrogens (tertiary/aromatic N) is 8. The molecule has 12 heteroatoms. The van der Waals surface area contributed by atoms with Crippen molar-refractivity contribution < 1.29 is 0 Å². The first kappa shape index (κ1) is 51.9. The monoisotopic (exact) mass is 900 g/mol. The van der Waals surface area contributed by atoms with Crippen LogP contribution < -0.4 is 0 Å². The molecular weight excluding hydrogens is 813 g/mol. The second-order valence-corrected chi connectivity index (χ2v) is 29.3. The molecule has 0 aromatic rings. The molecule has 0 heterocycles. The van der Waals surface area contributed by atoms with E-state index in [9.17, 15) is 0 Å². The van der Waals surface area contributed by atoms with Gasteiger partial charge in [-0.15, -0.1) is 0 Å². The first-order valence-corrected chi connectivity index (χ1v) is 29.2. The maximum absolute atomic E-state index is 4.56. The zero-order chi connectivity index (χ0) is 37.7. The summed E-state index contributed by atoms with van der Waals surface area (Å²) in [7, 11) is 0. The third kappa shape index (κ3) is 10.1. The molecule has 0 aromatic heterocycles. The summed E-state index contributed by atoms with van der Waals surface area (Å²) in [6.07, 6.45) is 4.80. The van der Waals surface area contributed by atoms with E-state index in [0.29, 0.717) is 0 Å². The Kier molecular flexibility index (Phi) is 27.8. The van der Waals surface area contributed by atoms with Gasteiger partial charge in [-0.1, -0.05) is 0 Å². The van der Waals surface area contributed by atoms with Crippen LogP contribution in [0, 0.1) is 0 Å². The van der Waals surface area contributed by atoms with Gasteiger partial charge in [0.15, 0.2) is 0 Å². The molecule has 0 fully saturated rings. The number of hydrogen-bond acceptors (Lipinski definition) is 8. The number of halogens is 2. The van der Waals surface area contributed by atoms with Gasteiger partial charge in [0.2, 0.25) is 0 Å². The molecule has 0 aliphatic carbocycles. The third-order valence-electron chi connectivity index (χ3n) is 10.2. The molecule has 0 saturated carbocycles. The standard InChI is InChI=1S/C18H44BrN4P.C18H44IN4P/c2*1-9-17-23(18-10-2)24(19,20(11-3)12-4,21(13-5)14-6)22(15-7)16-8/h2*9-18H2,1-8H3. The first-order chi connectivity index (χ1) is 22.8. The molecular formula is C36H88BrIN8P2. The van der Waals surface area contributed by atoms with Gasteiger partial charge in [0, 0.05) is 0 Å². The molecule has 0 saturated heterocycles. The summed E-state index contributed by atoms with van der Waals surface area (Å²) in [6.45, 7) is 54.9. The first-order valence-electron chi connectivity index (χ1n) is 20.3. The van der Waals surface area contributed by atoms with Crippen LogP contribution in [-0.2, 0) is 0 Å². The predicted octanol–water partition coefficient (Wildman–Crippen LogP) is 11.4. The molecule has 0 rings (SSSR count). The van der Waals surface area contributed by atoms with Crippen molar-refractivity contribution >= 4 is 48.3 Å². The molecule has 0 bridgehead atoms. The van der Waals surface area contributed by atoms with Crippen LogP contribution in [0.3, 0.4) is 0 Å². The van der Waals surface area contributed by atoms with E-state index >= 15 is 0 Å². The fourth-order valence-electron chi connectivity index (χ4n) is 8.35. The number of hydrogen-bond donors (Lipinski definition) is 0. The van der Waals surface area contributed by atoms with Crippen molar-refractivity contribution in [3.05, 3.63) is 0 Å². The summed E-state index contributed by atoms with van der Waals surface area (Å²) >= 11 is 7.49. The van der Waals surface area contributed by atoms with Crippen LogP contribution in [0.25, 0.3) is 0 Å². The van der Waals surface area contributed by atoms with Gasteiger partial charge in [-0.3, -0.25) is 0 Å². The van der Waals surface area contributed by atoms with Crippen LogP contribution in [0.1, 0.15) is 136 Å². The van der Waals surface area contributed by atoms with Gasteiger partial charge in [0.1, 0.15) is 0 Å². The molecule has 0 radical (unpaired) electrons. The minimum atomic E-state index is -2.72. The SMILES string of the molecule is CCCN(CCC)P(Br)(N(CC)CC)(N(CC)CC)N(CC)CC.CCCN(CCC)P(I)(N(CC)CC)(N(CC)CC)N(CC)CC. The van der Waals surface area contributed by atoms with Gasteiger partial charge in [-0.25, -0.2) is 0 Å². The normalized spacial score (nSPS) is 14.8. The van der Waals surface area contributed by atoms with Gasteiger partial charge >= 0.3 is 327 Å². The fourth-order valence-corrected chi connectivity index (χ4v) is 32.4. The molecule has 48 heavy (non-hydrogen) atoms. The van der Waals surface area contributed by atoms with Crippen molar-refractivity contribution in [1.82, 2.24) is 37.4 Å². The average Bonchev–Trinajstić information content (AvgIpc) is 3.08. The third-order valence-corrected chi connectivity index (χ3v) is 34.9. The van der Waals surface area contributed by atoms with Crippen LogP contribution >= 0.6 is 48.3 Å². The molecule has 0 spiro atoms. The van der Waals surface area contributed by atoms with E-state index in [-0.39, 0.29) is 0 Å². The molecule has 0 atom stereocenters. The molecule has 0 unspecified atom stereocenters. The van der Waals surface area contributed by atoms with Gasteiger partial charge in [-0.05, 0) is 0 Å². The van der Waals surface area contributed by atoms with Gasteiger partial charge in [0.05, 0.1) is 0 Å².